The Morgan fingerprint density at radius 1 is 1.12 bits per heavy atom. The molecule has 2 aromatic carbocycles. The molecule has 1 unspecified atom stereocenters. The van der Waals surface area contributed by atoms with E-state index in [9.17, 15) is 9.59 Å². The van der Waals surface area contributed by atoms with Gasteiger partial charge in [0, 0.05) is 18.9 Å². The predicted molar refractivity (Wildman–Crippen MR) is 93.2 cm³/mol. The smallest absolute Gasteiger partial charge is 0.338 e. The van der Waals surface area contributed by atoms with E-state index in [4.69, 9.17) is 18.9 Å². The minimum Gasteiger partial charge on any atom is -0.454 e. The molecule has 0 saturated carbocycles. The lowest BCUT2D eigenvalue weighted by Gasteiger charge is -2.14. The summed E-state index contributed by atoms with van der Waals surface area (Å²) < 4.78 is 20.7. The second kappa shape index (κ2) is 7.88. The first-order valence-electron chi connectivity index (χ1n) is 8.06. The van der Waals surface area contributed by atoms with Crippen LogP contribution >= 0.6 is 0 Å². The highest BCUT2D eigenvalue weighted by Gasteiger charge is 2.20. The third-order valence-corrected chi connectivity index (χ3v) is 3.79. The fourth-order valence-electron chi connectivity index (χ4n) is 2.40. The predicted octanol–water partition coefficient (Wildman–Crippen LogP) is 2.75. The van der Waals surface area contributed by atoms with Gasteiger partial charge in [0.15, 0.2) is 17.6 Å². The summed E-state index contributed by atoms with van der Waals surface area (Å²) in [6.07, 6.45) is -0.952. The average Bonchev–Trinajstić information content (AvgIpc) is 3.10. The van der Waals surface area contributed by atoms with E-state index in [1.807, 2.05) is 0 Å². The summed E-state index contributed by atoms with van der Waals surface area (Å²) in [6.45, 7) is 2.13. The molecule has 7 nitrogen and oxygen atoms in total. The van der Waals surface area contributed by atoms with Crippen molar-refractivity contribution >= 4 is 17.6 Å². The monoisotopic (exact) mass is 357 g/mol. The third kappa shape index (κ3) is 4.12. The molecule has 0 radical (unpaired) electrons. The van der Waals surface area contributed by atoms with Crippen molar-refractivity contribution < 1.29 is 28.5 Å². The van der Waals surface area contributed by atoms with Crippen LogP contribution < -0.4 is 14.8 Å². The van der Waals surface area contributed by atoms with E-state index in [1.165, 1.54) is 6.92 Å². The van der Waals surface area contributed by atoms with Crippen LogP contribution in [-0.2, 0) is 20.9 Å². The van der Waals surface area contributed by atoms with Crippen LogP contribution in [0.2, 0.25) is 0 Å². The van der Waals surface area contributed by atoms with Crippen LogP contribution in [0, 0.1) is 0 Å². The van der Waals surface area contributed by atoms with Crippen LogP contribution in [0.15, 0.2) is 42.5 Å². The van der Waals surface area contributed by atoms with Gasteiger partial charge >= 0.3 is 5.97 Å². The maximum Gasteiger partial charge on any atom is 0.338 e. The Morgan fingerprint density at radius 2 is 1.85 bits per heavy atom. The Bertz CT molecular complexity index is 802. The van der Waals surface area contributed by atoms with Crippen LogP contribution in [0.5, 0.6) is 11.5 Å². The molecule has 1 atom stereocenters. The lowest BCUT2D eigenvalue weighted by molar-refractivity contribution is -0.123. The lowest BCUT2D eigenvalue weighted by Crippen LogP contribution is -2.30. The molecule has 0 aromatic heterocycles. The van der Waals surface area contributed by atoms with Gasteiger partial charge in [-0.05, 0) is 36.8 Å². The second-order valence-corrected chi connectivity index (χ2v) is 5.73. The van der Waals surface area contributed by atoms with E-state index in [-0.39, 0.29) is 6.79 Å². The molecule has 1 aliphatic heterocycles. The van der Waals surface area contributed by atoms with E-state index in [1.54, 1.807) is 49.6 Å². The number of rotatable bonds is 6. The quantitative estimate of drug-likeness (QED) is 0.801. The number of fused-ring (bicyclic) bond motifs is 1. The molecule has 0 saturated heterocycles. The van der Waals surface area contributed by atoms with Gasteiger partial charge in [-0.2, -0.15) is 0 Å². The number of methoxy groups -OCH3 is 1. The summed E-state index contributed by atoms with van der Waals surface area (Å²) in [5.41, 5.74) is 1.84. The maximum absolute atomic E-state index is 12.2. The van der Waals surface area contributed by atoms with Crippen molar-refractivity contribution in [2.75, 3.05) is 19.2 Å². The van der Waals surface area contributed by atoms with Crippen LogP contribution in [0.3, 0.4) is 0 Å². The fourth-order valence-corrected chi connectivity index (χ4v) is 2.40. The first-order valence-corrected chi connectivity index (χ1v) is 8.06. The molecule has 1 amide bonds. The van der Waals surface area contributed by atoms with E-state index in [2.05, 4.69) is 5.32 Å². The number of ether oxygens (including phenoxy) is 4. The number of benzene rings is 2. The molecule has 3 rings (SSSR count). The van der Waals surface area contributed by atoms with Crippen molar-refractivity contribution in [2.24, 2.45) is 0 Å². The largest absolute Gasteiger partial charge is 0.454 e. The van der Waals surface area contributed by atoms with Crippen LogP contribution in [0.1, 0.15) is 22.8 Å². The SMILES string of the molecule is COCc1ccc(C(=O)OC(C)C(=O)Nc2ccc3c(c2)OCO3)cc1. The standard InChI is InChI=1S/C19H19NO6/c1-12(26-19(22)14-5-3-13(4-6-14)10-23-2)18(21)20-15-7-8-16-17(9-15)25-11-24-16/h3-9,12H,10-11H2,1-2H3,(H,20,21). The molecular formula is C19H19NO6. The lowest BCUT2D eigenvalue weighted by atomic mass is 10.1. The zero-order valence-electron chi connectivity index (χ0n) is 14.5. The molecule has 0 aliphatic carbocycles. The first-order chi connectivity index (χ1) is 12.6. The molecule has 1 heterocycles. The number of esters is 1. The van der Waals surface area contributed by atoms with Gasteiger partial charge in [-0.1, -0.05) is 12.1 Å². The Labute approximate surface area is 150 Å². The summed E-state index contributed by atoms with van der Waals surface area (Å²) >= 11 is 0. The van der Waals surface area contributed by atoms with Gasteiger partial charge in [0.25, 0.3) is 5.91 Å². The highest BCUT2D eigenvalue weighted by Crippen LogP contribution is 2.34. The molecule has 136 valence electrons. The maximum atomic E-state index is 12.2. The summed E-state index contributed by atoms with van der Waals surface area (Å²) in [5, 5.41) is 2.69. The zero-order chi connectivity index (χ0) is 18.5. The Balaban J connectivity index is 1.57. The number of carbonyl (C=O) groups is 2. The van der Waals surface area contributed by atoms with Crippen molar-refractivity contribution in [1.29, 1.82) is 0 Å². The Kier molecular flexibility index (Phi) is 5.38. The molecule has 1 aliphatic rings. The number of hydrogen-bond acceptors (Lipinski definition) is 6. The van der Waals surface area contributed by atoms with Crippen molar-refractivity contribution in [1.82, 2.24) is 0 Å². The van der Waals surface area contributed by atoms with E-state index in [0.29, 0.717) is 29.4 Å². The van der Waals surface area contributed by atoms with Gasteiger partial charge in [0.1, 0.15) is 0 Å². The molecular weight excluding hydrogens is 338 g/mol. The van der Waals surface area contributed by atoms with Gasteiger partial charge in [-0.25, -0.2) is 4.79 Å². The number of nitrogens with one attached hydrogen (secondary N) is 1. The van der Waals surface area contributed by atoms with Crippen molar-refractivity contribution in [3.05, 3.63) is 53.6 Å². The molecule has 26 heavy (non-hydrogen) atoms. The van der Waals surface area contributed by atoms with E-state index < -0.39 is 18.0 Å². The minimum absolute atomic E-state index is 0.157. The van der Waals surface area contributed by atoms with Gasteiger partial charge in [0.05, 0.1) is 12.2 Å². The summed E-state index contributed by atoms with van der Waals surface area (Å²) in [7, 11) is 1.60. The van der Waals surface area contributed by atoms with Crippen LogP contribution in [0.25, 0.3) is 0 Å². The van der Waals surface area contributed by atoms with Crippen molar-refractivity contribution in [2.45, 2.75) is 19.6 Å². The summed E-state index contributed by atoms with van der Waals surface area (Å²) in [4.78, 5) is 24.4. The molecule has 0 spiro atoms. The summed E-state index contributed by atoms with van der Waals surface area (Å²) in [5.74, 6) is 0.179. The normalized spacial score (nSPS) is 13.2. The number of carbonyl (C=O) groups excluding carboxylic acids is 2. The van der Waals surface area contributed by atoms with Crippen LogP contribution in [0.4, 0.5) is 5.69 Å². The highest BCUT2D eigenvalue weighted by atomic mass is 16.7. The Hall–Kier alpha value is -3.06. The van der Waals surface area contributed by atoms with Crippen molar-refractivity contribution in [3.63, 3.8) is 0 Å². The zero-order valence-corrected chi connectivity index (χ0v) is 14.5. The molecule has 2 aromatic rings. The first kappa shape index (κ1) is 17.8. The average molecular weight is 357 g/mol. The van der Waals surface area contributed by atoms with Gasteiger partial charge in [0.2, 0.25) is 6.79 Å². The van der Waals surface area contributed by atoms with Crippen molar-refractivity contribution in [3.8, 4) is 11.5 Å². The van der Waals surface area contributed by atoms with Gasteiger partial charge in [-0.3, -0.25) is 4.79 Å². The molecule has 1 N–H and O–H groups in total. The number of anilines is 1. The number of amides is 1. The highest BCUT2D eigenvalue weighted by molar-refractivity contribution is 5.97. The Morgan fingerprint density at radius 3 is 2.58 bits per heavy atom. The van der Waals surface area contributed by atoms with Crippen LogP contribution in [-0.4, -0.2) is 31.9 Å². The molecule has 0 fully saturated rings. The van der Waals surface area contributed by atoms with E-state index >= 15 is 0 Å². The van der Waals surface area contributed by atoms with E-state index in [0.717, 1.165) is 5.56 Å². The fraction of sp³-hybridized carbons (Fsp3) is 0.263. The second-order valence-electron chi connectivity index (χ2n) is 5.73. The molecule has 7 heteroatoms. The van der Waals surface area contributed by atoms with Gasteiger partial charge < -0.3 is 24.3 Å². The third-order valence-electron chi connectivity index (χ3n) is 3.79. The minimum atomic E-state index is -0.952. The number of hydrogen-bond donors (Lipinski definition) is 1. The topological polar surface area (TPSA) is 83.1 Å². The summed E-state index contributed by atoms with van der Waals surface area (Å²) in [6, 6.07) is 11.9. The molecule has 0 bridgehead atoms. The van der Waals surface area contributed by atoms with Gasteiger partial charge in [-0.15, -0.1) is 0 Å².